The second-order valence-electron chi connectivity index (χ2n) is 8.05. The molecule has 0 saturated heterocycles. The predicted molar refractivity (Wildman–Crippen MR) is 114 cm³/mol. The topological polar surface area (TPSA) is 0 Å². The summed E-state index contributed by atoms with van der Waals surface area (Å²) in [6, 6.07) is 17.2. The van der Waals surface area contributed by atoms with Crippen LogP contribution in [0, 0.1) is 0 Å². The zero-order chi connectivity index (χ0) is 18.7. The number of allylic oxidation sites excluding steroid dienone is 2. The van der Waals surface area contributed by atoms with Crippen molar-refractivity contribution in [3.05, 3.63) is 81.9 Å². The number of hydrogen-bond acceptors (Lipinski definition) is 0. The van der Waals surface area contributed by atoms with Crippen LogP contribution >= 0.6 is 17.0 Å². The third kappa shape index (κ3) is 2.40. The molecule has 2 aliphatic rings. The summed E-state index contributed by atoms with van der Waals surface area (Å²) >= 11 is -4.52. The van der Waals surface area contributed by atoms with Gasteiger partial charge in [-0.2, -0.15) is 0 Å². The molecular formula is C23H24Cl2Zr. The normalized spacial score (nSPS) is 21.8. The van der Waals surface area contributed by atoms with Gasteiger partial charge >= 0.3 is 165 Å². The molecule has 2 aromatic rings. The van der Waals surface area contributed by atoms with Gasteiger partial charge in [0.1, 0.15) is 0 Å². The van der Waals surface area contributed by atoms with Crippen molar-refractivity contribution in [3.63, 3.8) is 0 Å². The Hall–Kier alpha value is -0.747. The van der Waals surface area contributed by atoms with Crippen LogP contribution in [-0.2, 0) is 15.9 Å². The molecule has 0 fully saturated rings. The van der Waals surface area contributed by atoms with E-state index < -0.39 is 15.9 Å². The molecule has 0 saturated carbocycles. The van der Waals surface area contributed by atoms with Crippen LogP contribution in [0.3, 0.4) is 0 Å². The second-order valence-corrected chi connectivity index (χ2v) is 29.8. The average Bonchev–Trinajstić information content (AvgIpc) is 3.10. The predicted octanol–water partition coefficient (Wildman–Crippen LogP) is 7.51. The molecule has 2 atom stereocenters. The van der Waals surface area contributed by atoms with Gasteiger partial charge in [-0.15, -0.1) is 0 Å². The van der Waals surface area contributed by atoms with E-state index in [0.717, 1.165) is 0 Å². The molecule has 134 valence electrons. The van der Waals surface area contributed by atoms with Crippen molar-refractivity contribution < 1.29 is 15.9 Å². The Balaban J connectivity index is 2.05. The minimum absolute atomic E-state index is 0.125. The number of rotatable bonds is 2. The minimum atomic E-state index is -4.52. The summed E-state index contributed by atoms with van der Waals surface area (Å²) in [7, 11) is 15.7. The van der Waals surface area contributed by atoms with Gasteiger partial charge in [-0.05, 0) is 0 Å². The van der Waals surface area contributed by atoms with Gasteiger partial charge in [0.15, 0.2) is 0 Å². The summed E-state index contributed by atoms with van der Waals surface area (Å²) in [6.45, 7) is 8.72. The molecule has 2 unspecified atom stereocenters. The van der Waals surface area contributed by atoms with Crippen LogP contribution < -0.4 is 0 Å². The zero-order valence-electron chi connectivity index (χ0n) is 15.7. The monoisotopic (exact) mass is 460 g/mol. The summed E-state index contributed by atoms with van der Waals surface area (Å²) in [5, 5.41) is 0. The van der Waals surface area contributed by atoms with E-state index >= 15 is 0 Å². The number of fused-ring (bicyclic) bond motifs is 2. The summed E-state index contributed by atoms with van der Waals surface area (Å²) in [4.78, 5) is 0. The molecule has 4 rings (SSSR count). The molecule has 0 N–H and O–H groups in total. The van der Waals surface area contributed by atoms with E-state index in [-0.39, 0.29) is 7.25 Å². The Morgan fingerprint density at radius 3 is 1.50 bits per heavy atom. The molecule has 0 radical (unpaired) electrons. The molecule has 0 aliphatic heterocycles. The van der Waals surface area contributed by atoms with E-state index in [4.69, 9.17) is 17.0 Å². The summed E-state index contributed by atoms with van der Waals surface area (Å²) in [6.07, 6.45) is 4.56. The molecule has 0 bridgehead atoms. The number of hydrogen-bond donors (Lipinski definition) is 0. The maximum atomic E-state index is 7.84. The molecule has 2 aromatic carbocycles. The summed E-state index contributed by atoms with van der Waals surface area (Å²) in [5.41, 5.74) is 7.76. The van der Waals surface area contributed by atoms with E-state index in [2.05, 4.69) is 88.4 Å². The van der Waals surface area contributed by atoms with Crippen molar-refractivity contribution >= 4 is 32.4 Å². The van der Waals surface area contributed by atoms with Crippen molar-refractivity contribution in [2.24, 2.45) is 0 Å². The van der Waals surface area contributed by atoms with E-state index in [9.17, 15) is 0 Å². The Morgan fingerprint density at radius 1 is 0.731 bits per heavy atom. The molecule has 0 amide bonds. The third-order valence-corrected chi connectivity index (χ3v) is 29.6. The fraction of sp³-hybridized carbons (Fsp3) is 0.261. The van der Waals surface area contributed by atoms with Crippen LogP contribution in [-0.4, -0.2) is 3.21 Å². The van der Waals surface area contributed by atoms with Crippen molar-refractivity contribution in [2.45, 2.75) is 34.9 Å². The Kier molecular flexibility index (Phi) is 4.39. The van der Waals surface area contributed by atoms with Crippen LogP contribution in [0.15, 0.2) is 59.7 Å². The first-order chi connectivity index (χ1) is 12.2. The first kappa shape index (κ1) is 18.6. The van der Waals surface area contributed by atoms with Crippen molar-refractivity contribution in [3.8, 4) is 0 Å². The molecular weight excluding hydrogens is 438 g/mol. The van der Waals surface area contributed by atoms with Gasteiger partial charge in [0, 0.05) is 0 Å². The SMILES string of the molecule is CC1=Cc2ccccc2[CH]1[Zr]([Cl])([Cl])(=[C](C)C)[CH]1C(C)=Cc2ccccc21. The molecule has 26 heavy (non-hydrogen) atoms. The molecule has 0 aromatic heterocycles. The molecule has 0 spiro atoms. The van der Waals surface area contributed by atoms with Gasteiger partial charge in [-0.3, -0.25) is 0 Å². The van der Waals surface area contributed by atoms with Crippen molar-refractivity contribution in [1.82, 2.24) is 0 Å². The Morgan fingerprint density at radius 2 is 1.12 bits per heavy atom. The van der Waals surface area contributed by atoms with Gasteiger partial charge < -0.3 is 0 Å². The summed E-state index contributed by atoms with van der Waals surface area (Å²) in [5.74, 6) is 0. The Bertz CT molecular complexity index is 972. The molecule has 0 heterocycles. The molecule has 2 aliphatic carbocycles. The summed E-state index contributed by atoms with van der Waals surface area (Å²) < 4.78 is 1.49. The van der Waals surface area contributed by atoms with Crippen LogP contribution in [0.1, 0.15) is 57.2 Å². The van der Waals surface area contributed by atoms with Crippen LogP contribution in [0.5, 0.6) is 0 Å². The fourth-order valence-corrected chi connectivity index (χ4v) is 24.2. The van der Waals surface area contributed by atoms with E-state index in [1.807, 2.05) is 0 Å². The van der Waals surface area contributed by atoms with Crippen molar-refractivity contribution in [1.29, 1.82) is 0 Å². The van der Waals surface area contributed by atoms with E-state index in [1.165, 1.54) is 36.6 Å². The Labute approximate surface area is 164 Å². The van der Waals surface area contributed by atoms with Gasteiger partial charge in [0.25, 0.3) is 0 Å². The first-order valence-electron chi connectivity index (χ1n) is 9.17. The van der Waals surface area contributed by atoms with Crippen LogP contribution in [0.2, 0.25) is 0 Å². The van der Waals surface area contributed by atoms with Gasteiger partial charge in [-0.25, -0.2) is 0 Å². The number of halogens is 2. The maximum absolute atomic E-state index is 7.84. The average molecular weight is 463 g/mol. The van der Waals surface area contributed by atoms with Crippen LogP contribution in [0.25, 0.3) is 12.2 Å². The van der Waals surface area contributed by atoms with E-state index in [1.54, 1.807) is 0 Å². The van der Waals surface area contributed by atoms with Gasteiger partial charge in [-0.1, -0.05) is 0 Å². The third-order valence-electron chi connectivity index (χ3n) is 6.30. The zero-order valence-corrected chi connectivity index (χ0v) is 19.7. The van der Waals surface area contributed by atoms with Crippen molar-refractivity contribution in [2.75, 3.05) is 0 Å². The number of benzene rings is 2. The second kappa shape index (κ2) is 6.13. The van der Waals surface area contributed by atoms with Crippen LogP contribution in [0.4, 0.5) is 0 Å². The van der Waals surface area contributed by atoms with E-state index in [0.29, 0.717) is 0 Å². The first-order valence-corrected chi connectivity index (χ1v) is 19.6. The fourth-order valence-electron chi connectivity index (χ4n) is 5.11. The van der Waals surface area contributed by atoms with Gasteiger partial charge in [0.2, 0.25) is 0 Å². The quantitative estimate of drug-likeness (QED) is 0.433. The molecule has 3 heteroatoms. The standard InChI is InChI=1S/2C10H9.C3H6.2ClH.Zr/c2*1-8-6-9-4-2-3-5-10(9)7-8;1-3-2;;;/h2*2-7H,1H3;1-2H3;2*1H;/q;;;;;+2/p-2. The molecule has 0 nitrogen and oxygen atoms in total. The van der Waals surface area contributed by atoms with Gasteiger partial charge in [0.05, 0.1) is 0 Å².